The van der Waals surface area contributed by atoms with Crippen LogP contribution in [0.1, 0.15) is 31.2 Å². The van der Waals surface area contributed by atoms with Gasteiger partial charge in [0.1, 0.15) is 5.69 Å². The highest BCUT2D eigenvalue weighted by atomic mass is 16.6. The summed E-state index contributed by atoms with van der Waals surface area (Å²) in [6.07, 6.45) is 1.81. The number of rotatable bonds is 4. The van der Waals surface area contributed by atoms with Crippen molar-refractivity contribution in [3.05, 3.63) is 42.1 Å². The molecule has 1 aromatic heterocycles. The predicted octanol–water partition coefficient (Wildman–Crippen LogP) is 2.42. The lowest BCUT2D eigenvalue weighted by atomic mass is 10.1. The van der Waals surface area contributed by atoms with Crippen molar-refractivity contribution < 1.29 is 14.3 Å². The van der Waals surface area contributed by atoms with E-state index in [1.54, 1.807) is 0 Å². The minimum absolute atomic E-state index is 0.00904. The van der Waals surface area contributed by atoms with Crippen LogP contribution in [0.25, 0.3) is 11.3 Å². The molecular weight excluding hydrogens is 370 g/mol. The average Bonchev–Trinajstić information content (AvgIpc) is 3.39. The van der Waals surface area contributed by atoms with Gasteiger partial charge in [0.15, 0.2) is 12.2 Å². The SMILES string of the molecule is NC1=NC(O[C@@H]2CCOC2)c2nc(-c3ccc(N4CCCC4=O)cc3)ccc2N1. The van der Waals surface area contributed by atoms with E-state index in [2.05, 4.69) is 10.3 Å². The van der Waals surface area contributed by atoms with Crippen LogP contribution in [-0.2, 0) is 14.3 Å². The number of aliphatic imine (C=N–C) groups is 1. The number of fused-ring (bicyclic) bond motifs is 1. The lowest BCUT2D eigenvalue weighted by molar-refractivity contribution is -0.117. The summed E-state index contributed by atoms with van der Waals surface area (Å²) < 4.78 is 11.5. The Morgan fingerprint density at radius 2 is 2.07 bits per heavy atom. The third-order valence-electron chi connectivity index (χ3n) is 5.44. The number of ether oxygens (including phenoxy) is 2. The molecule has 2 fully saturated rings. The van der Waals surface area contributed by atoms with E-state index in [-0.39, 0.29) is 12.0 Å². The Labute approximate surface area is 168 Å². The molecule has 3 aliphatic rings. The standard InChI is InChI=1S/C21H23N5O3/c22-21-24-17-8-7-16(23-19(17)20(25-21)29-15-9-11-28-12-15)13-3-5-14(6-4-13)26-10-1-2-18(26)27/h3-8,15,20H,1-2,9-12H2,(H3,22,24,25)/t15-,20?/m1/s1. The van der Waals surface area contributed by atoms with E-state index < -0.39 is 6.23 Å². The Hall–Kier alpha value is -2.97. The van der Waals surface area contributed by atoms with Gasteiger partial charge in [0.05, 0.1) is 24.1 Å². The summed E-state index contributed by atoms with van der Waals surface area (Å²) in [6.45, 7) is 2.04. The first-order valence-corrected chi connectivity index (χ1v) is 9.92. The number of benzene rings is 1. The molecule has 2 aromatic rings. The zero-order valence-corrected chi connectivity index (χ0v) is 16.0. The molecule has 0 bridgehead atoms. The third-order valence-corrected chi connectivity index (χ3v) is 5.44. The van der Waals surface area contributed by atoms with Crippen molar-refractivity contribution in [2.24, 2.45) is 10.7 Å². The lowest BCUT2D eigenvalue weighted by Gasteiger charge is -2.25. The second-order valence-electron chi connectivity index (χ2n) is 7.44. The topological polar surface area (TPSA) is 102 Å². The number of carbonyl (C=O) groups excluding carboxylic acids is 1. The van der Waals surface area contributed by atoms with Crippen molar-refractivity contribution in [3.63, 3.8) is 0 Å². The molecule has 29 heavy (non-hydrogen) atoms. The number of aromatic nitrogens is 1. The van der Waals surface area contributed by atoms with Crippen LogP contribution in [0.2, 0.25) is 0 Å². The van der Waals surface area contributed by atoms with Crippen LogP contribution in [0, 0.1) is 0 Å². The minimum atomic E-state index is -0.556. The van der Waals surface area contributed by atoms with Gasteiger partial charge < -0.3 is 25.4 Å². The van der Waals surface area contributed by atoms with Crippen LogP contribution in [0.5, 0.6) is 0 Å². The predicted molar refractivity (Wildman–Crippen MR) is 110 cm³/mol. The molecule has 0 radical (unpaired) electrons. The van der Waals surface area contributed by atoms with Gasteiger partial charge in [-0.2, -0.15) is 0 Å². The highest BCUT2D eigenvalue weighted by molar-refractivity contribution is 5.96. The molecule has 1 amide bonds. The molecule has 3 N–H and O–H groups in total. The van der Waals surface area contributed by atoms with Crippen molar-refractivity contribution >= 4 is 23.2 Å². The number of nitrogens with zero attached hydrogens (tertiary/aromatic N) is 3. The van der Waals surface area contributed by atoms with Gasteiger partial charge in [-0.15, -0.1) is 0 Å². The first kappa shape index (κ1) is 18.1. The molecule has 8 heteroatoms. The van der Waals surface area contributed by atoms with Gasteiger partial charge in [-0.3, -0.25) is 4.79 Å². The fourth-order valence-corrected chi connectivity index (χ4v) is 3.92. The largest absolute Gasteiger partial charge is 0.379 e. The monoisotopic (exact) mass is 393 g/mol. The second kappa shape index (κ2) is 7.46. The third kappa shape index (κ3) is 3.56. The van der Waals surface area contributed by atoms with Crippen molar-refractivity contribution in [1.29, 1.82) is 0 Å². The maximum atomic E-state index is 12.0. The van der Waals surface area contributed by atoms with Crippen molar-refractivity contribution in [3.8, 4) is 11.3 Å². The van der Waals surface area contributed by atoms with Gasteiger partial charge in [0.2, 0.25) is 5.91 Å². The maximum Gasteiger partial charge on any atom is 0.227 e. The van der Waals surface area contributed by atoms with Gasteiger partial charge >= 0.3 is 0 Å². The minimum Gasteiger partial charge on any atom is -0.379 e. The summed E-state index contributed by atoms with van der Waals surface area (Å²) in [5.41, 5.74) is 10.1. The van der Waals surface area contributed by atoms with E-state index in [1.165, 1.54) is 0 Å². The van der Waals surface area contributed by atoms with E-state index in [1.807, 2.05) is 41.3 Å². The Morgan fingerprint density at radius 3 is 2.79 bits per heavy atom. The molecule has 0 saturated carbocycles. The highest BCUT2D eigenvalue weighted by Crippen LogP contribution is 2.33. The summed E-state index contributed by atoms with van der Waals surface area (Å²) in [6, 6.07) is 11.8. The van der Waals surface area contributed by atoms with E-state index in [4.69, 9.17) is 20.2 Å². The van der Waals surface area contributed by atoms with Crippen molar-refractivity contribution in [2.75, 3.05) is 30.0 Å². The van der Waals surface area contributed by atoms with Gasteiger partial charge in [0.25, 0.3) is 0 Å². The lowest BCUT2D eigenvalue weighted by Crippen LogP contribution is -2.30. The molecular formula is C21H23N5O3. The quantitative estimate of drug-likeness (QED) is 0.827. The van der Waals surface area contributed by atoms with E-state index in [0.717, 1.165) is 42.0 Å². The van der Waals surface area contributed by atoms with Gasteiger partial charge in [-0.25, -0.2) is 9.98 Å². The fraction of sp³-hybridized carbons (Fsp3) is 0.381. The normalized spacial score (nSPS) is 23.7. The molecule has 1 unspecified atom stereocenters. The number of amides is 1. The maximum absolute atomic E-state index is 12.0. The molecule has 0 spiro atoms. The number of pyridine rings is 1. The molecule has 1 aromatic carbocycles. The van der Waals surface area contributed by atoms with Crippen LogP contribution in [0.4, 0.5) is 11.4 Å². The number of nitrogens with one attached hydrogen (secondary N) is 1. The summed E-state index contributed by atoms with van der Waals surface area (Å²) in [5, 5.41) is 3.05. The Kier molecular flexibility index (Phi) is 4.65. The molecule has 8 nitrogen and oxygen atoms in total. The Balaban J connectivity index is 1.41. The van der Waals surface area contributed by atoms with Crippen molar-refractivity contribution in [2.45, 2.75) is 31.6 Å². The van der Waals surface area contributed by atoms with E-state index in [0.29, 0.717) is 31.3 Å². The van der Waals surface area contributed by atoms with E-state index in [9.17, 15) is 4.79 Å². The number of nitrogens with two attached hydrogens (primary N) is 1. The zero-order chi connectivity index (χ0) is 19.8. The molecule has 3 aliphatic heterocycles. The second-order valence-corrected chi connectivity index (χ2v) is 7.44. The Morgan fingerprint density at radius 1 is 1.21 bits per heavy atom. The number of guanidine groups is 1. The molecule has 0 aliphatic carbocycles. The molecule has 2 saturated heterocycles. The fourth-order valence-electron chi connectivity index (χ4n) is 3.92. The first-order chi connectivity index (χ1) is 14.2. The van der Waals surface area contributed by atoms with E-state index >= 15 is 0 Å². The number of anilines is 2. The Bertz CT molecular complexity index is 953. The van der Waals surface area contributed by atoms with Gasteiger partial charge in [0, 0.05) is 30.8 Å². The zero-order valence-electron chi connectivity index (χ0n) is 16.0. The summed E-state index contributed by atoms with van der Waals surface area (Å²) >= 11 is 0. The highest BCUT2D eigenvalue weighted by Gasteiger charge is 2.28. The van der Waals surface area contributed by atoms with Crippen LogP contribution < -0.4 is 16.0 Å². The number of hydrogen-bond donors (Lipinski definition) is 2. The summed E-state index contributed by atoms with van der Waals surface area (Å²) in [5.74, 6) is 0.498. The summed E-state index contributed by atoms with van der Waals surface area (Å²) in [7, 11) is 0. The molecule has 4 heterocycles. The smallest absolute Gasteiger partial charge is 0.227 e. The van der Waals surface area contributed by atoms with Crippen LogP contribution >= 0.6 is 0 Å². The van der Waals surface area contributed by atoms with Gasteiger partial charge in [-0.1, -0.05) is 12.1 Å². The summed E-state index contributed by atoms with van der Waals surface area (Å²) in [4.78, 5) is 23.0. The molecule has 5 rings (SSSR count). The van der Waals surface area contributed by atoms with Crippen molar-refractivity contribution in [1.82, 2.24) is 4.98 Å². The average molecular weight is 393 g/mol. The number of hydrogen-bond acceptors (Lipinski definition) is 7. The number of carbonyl (C=O) groups is 1. The van der Waals surface area contributed by atoms with Crippen LogP contribution in [0.15, 0.2) is 41.4 Å². The van der Waals surface area contributed by atoms with Crippen LogP contribution in [0.3, 0.4) is 0 Å². The molecule has 2 atom stereocenters. The first-order valence-electron chi connectivity index (χ1n) is 9.92. The van der Waals surface area contributed by atoms with Crippen LogP contribution in [-0.4, -0.2) is 42.7 Å². The molecule has 150 valence electrons. The van der Waals surface area contributed by atoms with Gasteiger partial charge in [-0.05, 0) is 37.1 Å².